The van der Waals surface area contributed by atoms with Crippen molar-refractivity contribution in [1.82, 2.24) is 9.47 Å². The molecule has 0 N–H and O–H groups in total. The van der Waals surface area contributed by atoms with Gasteiger partial charge in [0.2, 0.25) is 0 Å². The van der Waals surface area contributed by atoms with E-state index < -0.39 is 0 Å². The second-order valence-electron chi connectivity index (χ2n) is 6.01. The molecule has 2 aromatic heterocycles. The van der Waals surface area contributed by atoms with Gasteiger partial charge in [-0.25, -0.2) is 4.39 Å². The van der Waals surface area contributed by atoms with Gasteiger partial charge < -0.3 is 9.47 Å². The number of halogens is 1. The van der Waals surface area contributed by atoms with Crippen molar-refractivity contribution < 1.29 is 9.18 Å². The van der Waals surface area contributed by atoms with E-state index in [1.807, 2.05) is 22.4 Å². The van der Waals surface area contributed by atoms with Crippen molar-refractivity contribution in [2.75, 3.05) is 6.54 Å². The Hall–Kier alpha value is -2.40. The van der Waals surface area contributed by atoms with Crippen LogP contribution in [0.5, 0.6) is 0 Å². The van der Waals surface area contributed by atoms with Crippen LogP contribution in [0.15, 0.2) is 54.0 Å². The number of fused-ring (bicyclic) bond motifs is 1. The first-order valence-electron chi connectivity index (χ1n) is 7.91. The number of aromatic nitrogens is 1. The van der Waals surface area contributed by atoms with Crippen molar-refractivity contribution in [3.63, 3.8) is 0 Å². The number of rotatable bonds is 2. The molecule has 24 heavy (non-hydrogen) atoms. The van der Waals surface area contributed by atoms with E-state index in [0.717, 1.165) is 17.1 Å². The highest BCUT2D eigenvalue weighted by Gasteiger charge is 2.33. The van der Waals surface area contributed by atoms with Crippen LogP contribution in [0, 0.1) is 12.7 Å². The highest BCUT2D eigenvalue weighted by molar-refractivity contribution is 7.10. The lowest BCUT2D eigenvalue weighted by atomic mass is 10.0. The molecule has 0 spiro atoms. The lowest BCUT2D eigenvalue weighted by Crippen LogP contribution is -2.42. The molecule has 0 saturated carbocycles. The minimum Gasteiger partial charge on any atom is -0.347 e. The maximum absolute atomic E-state index is 13.5. The van der Waals surface area contributed by atoms with Gasteiger partial charge in [-0.2, -0.15) is 0 Å². The molecule has 0 bridgehead atoms. The zero-order valence-corrected chi connectivity index (χ0v) is 14.1. The average Bonchev–Trinajstić information content (AvgIpc) is 3.26. The third kappa shape index (κ3) is 2.45. The molecule has 3 heterocycles. The van der Waals surface area contributed by atoms with E-state index in [1.165, 1.54) is 6.07 Å². The van der Waals surface area contributed by atoms with Gasteiger partial charge in [0.25, 0.3) is 5.91 Å². The molecule has 1 unspecified atom stereocenters. The summed E-state index contributed by atoms with van der Waals surface area (Å²) < 4.78 is 15.7. The summed E-state index contributed by atoms with van der Waals surface area (Å²) in [4.78, 5) is 16.1. The van der Waals surface area contributed by atoms with Crippen LogP contribution in [0.2, 0.25) is 0 Å². The Balaban J connectivity index is 1.76. The maximum atomic E-state index is 13.5. The molecule has 5 heteroatoms. The normalized spacial score (nSPS) is 16.9. The lowest BCUT2D eigenvalue weighted by Gasteiger charge is -2.36. The van der Waals surface area contributed by atoms with E-state index in [4.69, 9.17) is 0 Å². The van der Waals surface area contributed by atoms with Crippen LogP contribution >= 0.6 is 11.3 Å². The molecular formula is C19H17FN2OS. The number of aryl methyl sites for hydroxylation is 1. The standard InChI is InChI=1S/C19H17FN2OS/c1-13-12-14(6-7-15(13)20)19(23)22-10-9-21-8-2-4-16(21)18(22)17-5-3-11-24-17/h2-8,11-12,18H,9-10H2,1H3. The van der Waals surface area contributed by atoms with Crippen molar-refractivity contribution in [3.8, 4) is 0 Å². The SMILES string of the molecule is Cc1cc(C(=O)N2CCn3cccc3C2c2cccs2)ccc1F. The molecule has 4 rings (SSSR count). The van der Waals surface area contributed by atoms with Gasteiger partial charge in [0, 0.05) is 35.4 Å². The lowest BCUT2D eigenvalue weighted by molar-refractivity contribution is 0.0667. The summed E-state index contributed by atoms with van der Waals surface area (Å²) in [6.07, 6.45) is 2.06. The van der Waals surface area contributed by atoms with Crippen LogP contribution in [0.1, 0.15) is 32.5 Å². The maximum Gasteiger partial charge on any atom is 0.254 e. The number of thiophene rings is 1. The Morgan fingerprint density at radius 2 is 2.08 bits per heavy atom. The number of benzene rings is 1. The van der Waals surface area contributed by atoms with Crippen LogP contribution in [-0.2, 0) is 6.54 Å². The largest absolute Gasteiger partial charge is 0.347 e. The summed E-state index contributed by atoms with van der Waals surface area (Å²) in [5, 5.41) is 2.03. The smallest absolute Gasteiger partial charge is 0.254 e. The van der Waals surface area contributed by atoms with Crippen LogP contribution in [0.4, 0.5) is 4.39 Å². The van der Waals surface area contributed by atoms with Crippen molar-refractivity contribution in [1.29, 1.82) is 0 Å². The second kappa shape index (κ2) is 5.91. The van der Waals surface area contributed by atoms with Crippen LogP contribution < -0.4 is 0 Å². The zero-order valence-electron chi connectivity index (χ0n) is 13.3. The number of carbonyl (C=O) groups is 1. The van der Waals surface area contributed by atoms with Gasteiger partial charge in [0.1, 0.15) is 11.9 Å². The van der Waals surface area contributed by atoms with Gasteiger partial charge in [-0.1, -0.05) is 6.07 Å². The Kier molecular flexibility index (Phi) is 3.73. The fraction of sp³-hybridized carbons (Fsp3) is 0.211. The van der Waals surface area contributed by atoms with Gasteiger partial charge in [-0.3, -0.25) is 4.79 Å². The van der Waals surface area contributed by atoms with Crippen molar-refractivity contribution in [2.24, 2.45) is 0 Å². The van der Waals surface area contributed by atoms with Gasteiger partial charge >= 0.3 is 0 Å². The molecular weight excluding hydrogens is 323 g/mol. The molecule has 0 radical (unpaired) electrons. The Morgan fingerprint density at radius 3 is 2.83 bits per heavy atom. The average molecular weight is 340 g/mol. The fourth-order valence-corrected chi connectivity index (χ4v) is 4.14. The molecule has 1 aliphatic heterocycles. The second-order valence-corrected chi connectivity index (χ2v) is 6.99. The topological polar surface area (TPSA) is 25.2 Å². The first kappa shape index (κ1) is 15.1. The fourth-order valence-electron chi connectivity index (χ4n) is 3.29. The molecule has 1 atom stereocenters. The van der Waals surface area contributed by atoms with Crippen LogP contribution in [0.25, 0.3) is 0 Å². The van der Waals surface area contributed by atoms with Crippen molar-refractivity contribution in [3.05, 3.63) is 81.6 Å². The van der Waals surface area contributed by atoms with Crippen LogP contribution in [-0.4, -0.2) is 21.9 Å². The number of carbonyl (C=O) groups excluding carboxylic acids is 1. The van der Waals surface area contributed by atoms with E-state index in [0.29, 0.717) is 17.7 Å². The molecule has 0 aliphatic carbocycles. The number of nitrogens with zero attached hydrogens (tertiary/aromatic N) is 2. The third-order valence-corrected chi connectivity index (χ3v) is 5.44. The summed E-state index contributed by atoms with van der Waals surface area (Å²) in [5.41, 5.74) is 2.15. The number of hydrogen-bond acceptors (Lipinski definition) is 2. The monoisotopic (exact) mass is 340 g/mol. The summed E-state index contributed by atoms with van der Waals surface area (Å²) in [6, 6.07) is 12.6. The summed E-state index contributed by atoms with van der Waals surface area (Å²) in [5.74, 6) is -0.335. The van der Waals surface area contributed by atoms with E-state index in [1.54, 1.807) is 30.4 Å². The quantitative estimate of drug-likeness (QED) is 0.685. The first-order valence-corrected chi connectivity index (χ1v) is 8.78. The number of amides is 1. The van der Waals surface area contributed by atoms with E-state index in [2.05, 4.69) is 22.9 Å². The van der Waals surface area contributed by atoms with E-state index >= 15 is 0 Å². The van der Waals surface area contributed by atoms with Crippen molar-refractivity contribution in [2.45, 2.75) is 19.5 Å². The van der Waals surface area contributed by atoms with Crippen LogP contribution in [0.3, 0.4) is 0 Å². The molecule has 0 fully saturated rings. The molecule has 1 amide bonds. The Bertz CT molecular complexity index is 885. The molecule has 3 nitrogen and oxygen atoms in total. The number of hydrogen-bond donors (Lipinski definition) is 0. The van der Waals surface area contributed by atoms with Gasteiger partial charge in [-0.15, -0.1) is 11.3 Å². The Labute approximate surface area is 144 Å². The highest BCUT2D eigenvalue weighted by Crippen LogP contribution is 2.35. The summed E-state index contributed by atoms with van der Waals surface area (Å²) in [6.45, 7) is 3.10. The first-order chi connectivity index (χ1) is 11.6. The van der Waals surface area contributed by atoms with Gasteiger partial charge in [0.15, 0.2) is 0 Å². The Morgan fingerprint density at radius 1 is 1.21 bits per heavy atom. The van der Waals surface area contributed by atoms with E-state index in [-0.39, 0.29) is 17.8 Å². The minimum atomic E-state index is -0.283. The predicted molar refractivity (Wildman–Crippen MR) is 92.8 cm³/mol. The van der Waals surface area contributed by atoms with Gasteiger partial charge in [0.05, 0.1) is 0 Å². The summed E-state index contributed by atoms with van der Waals surface area (Å²) in [7, 11) is 0. The molecule has 122 valence electrons. The minimum absolute atomic E-state index is 0.0519. The third-order valence-electron chi connectivity index (χ3n) is 4.52. The molecule has 1 aromatic carbocycles. The predicted octanol–water partition coefficient (Wildman–Crippen LogP) is 4.24. The molecule has 3 aromatic rings. The van der Waals surface area contributed by atoms with E-state index in [9.17, 15) is 9.18 Å². The van der Waals surface area contributed by atoms with Crippen molar-refractivity contribution >= 4 is 17.2 Å². The zero-order chi connectivity index (χ0) is 16.7. The summed E-state index contributed by atoms with van der Waals surface area (Å²) >= 11 is 1.65. The molecule has 0 saturated heterocycles. The highest BCUT2D eigenvalue weighted by atomic mass is 32.1. The molecule has 1 aliphatic rings. The van der Waals surface area contributed by atoms with Gasteiger partial charge in [-0.05, 0) is 54.3 Å².